The van der Waals surface area contributed by atoms with E-state index in [-0.39, 0.29) is 16.9 Å². The molecule has 1 saturated heterocycles. The highest BCUT2D eigenvalue weighted by Crippen LogP contribution is 2.34. The highest BCUT2D eigenvalue weighted by molar-refractivity contribution is 5.94. The Bertz CT molecular complexity index is 586. The number of nitro benzene ring substituents is 1. The fourth-order valence-corrected chi connectivity index (χ4v) is 2.38. The van der Waals surface area contributed by atoms with Gasteiger partial charge in [0.2, 0.25) is 5.91 Å². The van der Waals surface area contributed by atoms with Crippen molar-refractivity contribution in [3.63, 3.8) is 0 Å². The van der Waals surface area contributed by atoms with Crippen LogP contribution in [0.5, 0.6) is 0 Å². The van der Waals surface area contributed by atoms with E-state index in [1.165, 1.54) is 17.0 Å². The second-order valence-corrected chi connectivity index (χ2v) is 4.51. The lowest BCUT2D eigenvalue weighted by molar-refractivity contribution is -0.384. The van der Waals surface area contributed by atoms with Gasteiger partial charge in [0.1, 0.15) is 11.7 Å². The molecular formula is C12H13N3O5. The maximum Gasteiger partial charge on any atom is 0.326 e. The van der Waals surface area contributed by atoms with Crippen LogP contribution in [0.2, 0.25) is 0 Å². The molecule has 1 atom stereocenters. The Kier molecular flexibility index (Phi) is 3.55. The minimum absolute atomic E-state index is 0.0199. The Morgan fingerprint density at radius 3 is 2.70 bits per heavy atom. The summed E-state index contributed by atoms with van der Waals surface area (Å²) in [7, 11) is 0. The number of aliphatic carboxylic acids is 1. The Hall–Kier alpha value is -2.64. The Balaban J connectivity index is 2.48. The summed E-state index contributed by atoms with van der Waals surface area (Å²) >= 11 is 0. The van der Waals surface area contributed by atoms with Gasteiger partial charge >= 0.3 is 5.97 Å². The van der Waals surface area contributed by atoms with Gasteiger partial charge in [-0.05, 0) is 25.0 Å². The summed E-state index contributed by atoms with van der Waals surface area (Å²) in [6.07, 6.45) is 1.08. The quantitative estimate of drug-likeness (QED) is 0.618. The van der Waals surface area contributed by atoms with Gasteiger partial charge in [0.05, 0.1) is 4.92 Å². The first-order valence-corrected chi connectivity index (χ1v) is 5.99. The van der Waals surface area contributed by atoms with Gasteiger partial charge in [-0.2, -0.15) is 0 Å². The maximum absolute atomic E-state index is 11.2. The maximum atomic E-state index is 11.2. The van der Waals surface area contributed by atoms with Crippen LogP contribution < -0.4 is 10.6 Å². The topological polar surface area (TPSA) is 127 Å². The SMILES string of the molecule is NC(=O)c1ccc(N2CCC[C@@H]2C(=O)O)c([N+](=O)[O-])c1. The average Bonchev–Trinajstić information content (AvgIpc) is 2.86. The number of nitrogens with zero attached hydrogens (tertiary/aromatic N) is 2. The third-order valence-corrected chi connectivity index (χ3v) is 3.30. The number of carboxylic acid groups (broad SMARTS) is 1. The van der Waals surface area contributed by atoms with Crippen molar-refractivity contribution in [1.29, 1.82) is 0 Å². The van der Waals surface area contributed by atoms with E-state index in [4.69, 9.17) is 10.8 Å². The number of carbonyl (C=O) groups excluding carboxylic acids is 1. The van der Waals surface area contributed by atoms with Crippen molar-refractivity contribution in [2.24, 2.45) is 5.73 Å². The lowest BCUT2D eigenvalue weighted by atomic mass is 10.1. The van der Waals surface area contributed by atoms with E-state index < -0.39 is 22.8 Å². The molecule has 1 heterocycles. The number of nitrogens with two attached hydrogens (primary N) is 1. The molecule has 1 fully saturated rings. The van der Waals surface area contributed by atoms with Gasteiger partial charge in [0.25, 0.3) is 5.69 Å². The van der Waals surface area contributed by atoms with Crippen LogP contribution in [0.1, 0.15) is 23.2 Å². The van der Waals surface area contributed by atoms with Crippen LogP contribution in [0, 0.1) is 10.1 Å². The number of hydrogen-bond acceptors (Lipinski definition) is 5. The largest absolute Gasteiger partial charge is 0.480 e. The molecule has 0 aromatic heterocycles. The van der Waals surface area contributed by atoms with E-state index in [1.54, 1.807) is 0 Å². The zero-order valence-electron chi connectivity index (χ0n) is 10.5. The zero-order chi connectivity index (χ0) is 14.9. The molecular weight excluding hydrogens is 266 g/mol. The summed E-state index contributed by atoms with van der Waals surface area (Å²) in [5, 5.41) is 20.2. The first kappa shape index (κ1) is 13.8. The summed E-state index contributed by atoms with van der Waals surface area (Å²) in [5.74, 6) is -1.79. The van der Waals surface area contributed by atoms with E-state index in [1.807, 2.05) is 0 Å². The predicted octanol–water partition coefficient (Wildman–Crippen LogP) is 0.747. The van der Waals surface area contributed by atoms with Crippen molar-refractivity contribution in [1.82, 2.24) is 0 Å². The van der Waals surface area contributed by atoms with Crippen molar-refractivity contribution in [3.05, 3.63) is 33.9 Å². The van der Waals surface area contributed by atoms with Crippen molar-refractivity contribution in [2.75, 3.05) is 11.4 Å². The van der Waals surface area contributed by atoms with E-state index in [0.717, 1.165) is 6.07 Å². The number of primary amides is 1. The number of carboxylic acids is 1. The first-order valence-electron chi connectivity index (χ1n) is 5.99. The minimum Gasteiger partial charge on any atom is -0.480 e. The molecule has 0 bridgehead atoms. The molecule has 20 heavy (non-hydrogen) atoms. The van der Waals surface area contributed by atoms with Crippen LogP contribution in [0.4, 0.5) is 11.4 Å². The lowest BCUT2D eigenvalue weighted by Crippen LogP contribution is -2.36. The number of rotatable bonds is 4. The van der Waals surface area contributed by atoms with Crippen molar-refractivity contribution < 1.29 is 19.6 Å². The molecule has 8 heteroatoms. The fraction of sp³-hybridized carbons (Fsp3) is 0.333. The summed E-state index contributed by atoms with van der Waals surface area (Å²) < 4.78 is 0. The van der Waals surface area contributed by atoms with Gasteiger partial charge < -0.3 is 15.7 Å². The molecule has 2 rings (SSSR count). The van der Waals surface area contributed by atoms with Gasteiger partial charge in [0, 0.05) is 18.2 Å². The number of nitro groups is 1. The van der Waals surface area contributed by atoms with E-state index >= 15 is 0 Å². The molecule has 8 nitrogen and oxygen atoms in total. The van der Waals surface area contributed by atoms with E-state index in [0.29, 0.717) is 19.4 Å². The predicted molar refractivity (Wildman–Crippen MR) is 69.6 cm³/mol. The van der Waals surface area contributed by atoms with Gasteiger partial charge in [-0.25, -0.2) is 4.79 Å². The summed E-state index contributed by atoms with van der Waals surface area (Å²) in [5.41, 5.74) is 5.00. The van der Waals surface area contributed by atoms with Crippen LogP contribution in [0.25, 0.3) is 0 Å². The number of benzene rings is 1. The molecule has 1 aliphatic heterocycles. The summed E-state index contributed by atoms with van der Waals surface area (Å²) in [4.78, 5) is 34.2. The molecule has 1 amide bonds. The zero-order valence-corrected chi connectivity index (χ0v) is 10.5. The van der Waals surface area contributed by atoms with Crippen molar-refractivity contribution in [2.45, 2.75) is 18.9 Å². The summed E-state index contributed by atoms with van der Waals surface area (Å²) in [6.45, 7) is 0.424. The van der Waals surface area contributed by atoms with Gasteiger partial charge in [-0.3, -0.25) is 14.9 Å². The van der Waals surface area contributed by atoms with Gasteiger partial charge in [0.15, 0.2) is 0 Å². The third-order valence-electron chi connectivity index (χ3n) is 3.30. The van der Waals surface area contributed by atoms with E-state index in [2.05, 4.69) is 0 Å². The van der Waals surface area contributed by atoms with Crippen LogP contribution >= 0.6 is 0 Å². The number of amides is 1. The number of anilines is 1. The van der Waals surface area contributed by atoms with Crippen LogP contribution in [0.15, 0.2) is 18.2 Å². The van der Waals surface area contributed by atoms with Crippen LogP contribution in [0.3, 0.4) is 0 Å². The molecule has 1 aromatic carbocycles. The highest BCUT2D eigenvalue weighted by Gasteiger charge is 2.34. The van der Waals surface area contributed by atoms with Gasteiger partial charge in [-0.15, -0.1) is 0 Å². The van der Waals surface area contributed by atoms with Crippen LogP contribution in [-0.2, 0) is 4.79 Å². The molecule has 0 radical (unpaired) electrons. The van der Waals surface area contributed by atoms with Crippen molar-refractivity contribution >= 4 is 23.3 Å². The second-order valence-electron chi connectivity index (χ2n) is 4.51. The Labute approximate surface area is 113 Å². The molecule has 0 spiro atoms. The Morgan fingerprint density at radius 2 is 2.15 bits per heavy atom. The molecule has 0 saturated carbocycles. The third kappa shape index (κ3) is 2.40. The molecule has 1 aliphatic rings. The molecule has 1 aromatic rings. The number of hydrogen-bond donors (Lipinski definition) is 2. The minimum atomic E-state index is -1.02. The molecule has 3 N–H and O–H groups in total. The molecule has 0 aliphatic carbocycles. The Morgan fingerprint density at radius 1 is 1.45 bits per heavy atom. The fourth-order valence-electron chi connectivity index (χ4n) is 2.38. The van der Waals surface area contributed by atoms with Crippen molar-refractivity contribution in [3.8, 4) is 0 Å². The average molecular weight is 279 g/mol. The second kappa shape index (κ2) is 5.16. The van der Waals surface area contributed by atoms with Crippen LogP contribution in [-0.4, -0.2) is 34.5 Å². The normalized spacial score (nSPS) is 18.0. The standard InChI is InChI=1S/C12H13N3O5/c13-11(16)7-3-4-8(10(6-7)15(19)20)14-5-1-2-9(14)12(17)18/h3-4,6,9H,1-2,5H2,(H2,13,16)(H,17,18)/t9-/m1/s1. The molecule has 0 unspecified atom stereocenters. The first-order chi connectivity index (χ1) is 9.41. The molecule has 106 valence electrons. The highest BCUT2D eigenvalue weighted by atomic mass is 16.6. The number of carbonyl (C=O) groups is 2. The lowest BCUT2D eigenvalue weighted by Gasteiger charge is -2.23. The van der Waals surface area contributed by atoms with Gasteiger partial charge in [-0.1, -0.05) is 0 Å². The smallest absolute Gasteiger partial charge is 0.326 e. The van der Waals surface area contributed by atoms with E-state index in [9.17, 15) is 19.7 Å². The monoisotopic (exact) mass is 279 g/mol. The summed E-state index contributed by atoms with van der Waals surface area (Å²) in [6, 6.07) is 3.03.